The maximum Gasteiger partial charge on any atom is 0.00748 e. The summed E-state index contributed by atoms with van der Waals surface area (Å²) in [6, 6.07) is 0. The molecule has 80 valence electrons. The van der Waals surface area contributed by atoms with Crippen molar-refractivity contribution in [3.8, 4) is 0 Å². The van der Waals surface area contributed by atoms with Crippen LogP contribution in [0.1, 0.15) is 0 Å². The van der Waals surface area contributed by atoms with Crippen molar-refractivity contribution in [3.63, 3.8) is 0 Å². The summed E-state index contributed by atoms with van der Waals surface area (Å²) >= 11 is 1.95. The van der Waals surface area contributed by atoms with Gasteiger partial charge in [0.2, 0.25) is 0 Å². The molecule has 0 spiro atoms. The molecule has 0 aliphatic heterocycles. The minimum atomic E-state index is 0.725. The van der Waals surface area contributed by atoms with E-state index < -0.39 is 0 Å². The van der Waals surface area contributed by atoms with Gasteiger partial charge in [-0.3, -0.25) is 0 Å². The maximum absolute atomic E-state index is 5.33. The van der Waals surface area contributed by atoms with E-state index in [9.17, 15) is 0 Å². The van der Waals surface area contributed by atoms with Gasteiger partial charge in [0, 0.05) is 50.8 Å². The lowest BCUT2D eigenvalue weighted by atomic mass is 10.6. The standard InChI is InChI=1S/C8H22N4S/c9-1-3-11-5-7-13-8-6-12-4-2-10/h11-12H,1-10H2. The molecule has 0 rings (SSSR count). The van der Waals surface area contributed by atoms with Gasteiger partial charge in [-0.05, 0) is 0 Å². The van der Waals surface area contributed by atoms with Gasteiger partial charge >= 0.3 is 0 Å². The van der Waals surface area contributed by atoms with Crippen LogP contribution in [-0.4, -0.2) is 50.8 Å². The molecule has 0 atom stereocenters. The number of thioether (sulfide) groups is 1. The first-order chi connectivity index (χ1) is 6.41. The van der Waals surface area contributed by atoms with Crippen LogP contribution in [0, 0.1) is 0 Å². The van der Waals surface area contributed by atoms with Gasteiger partial charge in [-0.2, -0.15) is 11.8 Å². The molecule has 4 nitrogen and oxygen atoms in total. The molecule has 13 heavy (non-hydrogen) atoms. The average Bonchev–Trinajstić information content (AvgIpc) is 2.16. The van der Waals surface area contributed by atoms with E-state index in [2.05, 4.69) is 10.6 Å². The summed E-state index contributed by atoms with van der Waals surface area (Å²) in [5, 5.41) is 6.50. The molecule has 0 aliphatic carbocycles. The Kier molecular flexibility index (Phi) is 12.4. The number of hydrogen-bond acceptors (Lipinski definition) is 5. The average molecular weight is 206 g/mol. The summed E-state index contributed by atoms with van der Waals surface area (Å²) in [5.74, 6) is 2.31. The second kappa shape index (κ2) is 12.2. The lowest BCUT2D eigenvalue weighted by molar-refractivity contribution is 0.723. The van der Waals surface area contributed by atoms with E-state index in [4.69, 9.17) is 11.5 Å². The molecule has 0 unspecified atom stereocenters. The predicted octanol–water partition coefficient (Wildman–Crippen LogP) is -1.18. The van der Waals surface area contributed by atoms with Crippen molar-refractivity contribution in [2.75, 3.05) is 50.8 Å². The Balaban J connectivity index is 2.76. The molecule has 5 heteroatoms. The van der Waals surface area contributed by atoms with E-state index in [1.165, 1.54) is 0 Å². The monoisotopic (exact) mass is 206 g/mol. The van der Waals surface area contributed by atoms with Crippen molar-refractivity contribution in [3.05, 3.63) is 0 Å². The fraction of sp³-hybridized carbons (Fsp3) is 1.00. The zero-order valence-electron chi connectivity index (χ0n) is 8.22. The molecule has 0 saturated carbocycles. The number of nitrogens with one attached hydrogen (secondary N) is 2. The van der Waals surface area contributed by atoms with Gasteiger partial charge < -0.3 is 22.1 Å². The summed E-state index contributed by atoms with van der Waals surface area (Å²) in [5.41, 5.74) is 10.7. The van der Waals surface area contributed by atoms with Gasteiger partial charge in [-0.25, -0.2) is 0 Å². The quantitative estimate of drug-likeness (QED) is 0.338. The molecule has 0 radical (unpaired) electrons. The summed E-state index contributed by atoms with van der Waals surface area (Å²) < 4.78 is 0. The van der Waals surface area contributed by atoms with Crippen molar-refractivity contribution >= 4 is 11.8 Å². The van der Waals surface area contributed by atoms with Crippen molar-refractivity contribution < 1.29 is 0 Å². The van der Waals surface area contributed by atoms with Crippen LogP contribution in [0.4, 0.5) is 0 Å². The second-order valence-electron chi connectivity index (χ2n) is 2.69. The van der Waals surface area contributed by atoms with Crippen molar-refractivity contribution in [2.45, 2.75) is 0 Å². The molecule has 0 aromatic rings. The van der Waals surface area contributed by atoms with E-state index in [-0.39, 0.29) is 0 Å². The Morgan fingerprint density at radius 1 is 0.769 bits per heavy atom. The fourth-order valence-electron chi connectivity index (χ4n) is 0.845. The highest BCUT2D eigenvalue weighted by Gasteiger charge is 1.89. The van der Waals surface area contributed by atoms with Crippen LogP contribution >= 0.6 is 11.8 Å². The van der Waals surface area contributed by atoms with E-state index in [1.54, 1.807) is 0 Å². The van der Waals surface area contributed by atoms with Crippen molar-refractivity contribution in [1.29, 1.82) is 0 Å². The molecule has 0 aromatic carbocycles. The minimum absolute atomic E-state index is 0.725. The van der Waals surface area contributed by atoms with Gasteiger partial charge in [0.05, 0.1) is 0 Å². The second-order valence-corrected chi connectivity index (χ2v) is 3.91. The van der Waals surface area contributed by atoms with E-state index in [0.29, 0.717) is 0 Å². The third kappa shape index (κ3) is 12.2. The Bertz CT molecular complexity index is 82.2. The number of hydrogen-bond donors (Lipinski definition) is 4. The minimum Gasteiger partial charge on any atom is -0.329 e. The smallest absolute Gasteiger partial charge is 0.00748 e. The highest BCUT2D eigenvalue weighted by molar-refractivity contribution is 7.99. The van der Waals surface area contributed by atoms with E-state index in [1.807, 2.05) is 11.8 Å². The molecule has 0 fully saturated rings. The number of nitrogens with two attached hydrogens (primary N) is 2. The molecular formula is C8H22N4S. The van der Waals surface area contributed by atoms with Gasteiger partial charge in [-0.1, -0.05) is 0 Å². The first-order valence-corrected chi connectivity index (χ1v) is 5.96. The van der Waals surface area contributed by atoms with Crippen LogP contribution in [0.3, 0.4) is 0 Å². The van der Waals surface area contributed by atoms with E-state index >= 15 is 0 Å². The van der Waals surface area contributed by atoms with Crippen LogP contribution < -0.4 is 22.1 Å². The molecule has 0 amide bonds. The largest absolute Gasteiger partial charge is 0.329 e. The Labute approximate surface area is 85.2 Å². The fourth-order valence-corrected chi connectivity index (χ4v) is 1.63. The molecule has 6 N–H and O–H groups in total. The van der Waals surface area contributed by atoms with Gasteiger partial charge in [0.15, 0.2) is 0 Å². The van der Waals surface area contributed by atoms with Crippen LogP contribution in [0.2, 0.25) is 0 Å². The van der Waals surface area contributed by atoms with Crippen LogP contribution in [0.5, 0.6) is 0 Å². The first kappa shape index (κ1) is 13.2. The van der Waals surface area contributed by atoms with Crippen LogP contribution in [0.15, 0.2) is 0 Å². The van der Waals surface area contributed by atoms with Gasteiger partial charge in [0.25, 0.3) is 0 Å². The predicted molar refractivity (Wildman–Crippen MR) is 61.2 cm³/mol. The topological polar surface area (TPSA) is 76.1 Å². The third-order valence-corrected chi connectivity index (χ3v) is 2.47. The van der Waals surface area contributed by atoms with E-state index in [0.717, 1.165) is 50.8 Å². The maximum atomic E-state index is 5.33. The lowest BCUT2D eigenvalue weighted by Gasteiger charge is -2.04. The molecule has 0 saturated heterocycles. The molecule has 0 aliphatic rings. The zero-order chi connectivity index (χ0) is 9.78. The highest BCUT2D eigenvalue weighted by Crippen LogP contribution is 1.95. The third-order valence-electron chi connectivity index (χ3n) is 1.49. The van der Waals surface area contributed by atoms with Crippen LogP contribution in [0.25, 0.3) is 0 Å². The normalized spacial score (nSPS) is 10.6. The van der Waals surface area contributed by atoms with Crippen LogP contribution in [-0.2, 0) is 0 Å². The first-order valence-electron chi connectivity index (χ1n) is 4.81. The van der Waals surface area contributed by atoms with Gasteiger partial charge in [-0.15, -0.1) is 0 Å². The summed E-state index contributed by atoms with van der Waals surface area (Å²) in [6.45, 7) is 5.40. The molecule has 0 bridgehead atoms. The zero-order valence-corrected chi connectivity index (χ0v) is 9.04. The Morgan fingerprint density at radius 3 is 1.62 bits per heavy atom. The summed E-state index contributed by atoms with van der Waals surface area (Å²) in [6.07, 6.45) is 0. The van der Waals surface area contributed by atoms with Crippen molar-refractivity contribution in [2.24, 2.45) is 11.5 Å². The Morgan fingerprint density at radius 2 is 1.23 bits per heavy atom. The number of rotatable bonds is 10. The summed E-state index contributed by atoms with van der Waals surface area (Å²) in [7, 11) is 0. The Hall–Kier alpha value is 0.190. The molecule has 0 heterocycles. The summed E-state index contributed by atoms with van der Waals surface area (Å²) in [4.78, 5) is 0. The molecular weight excluding hydrogens is 184 g/mol. The SMILES string of the molecule is NCCNCCSCCNCCN. The highest BCUT2D eigenvalue weighted by atomic mass is 32.2. The van der Waals surface area contributed by atoms with Crippen molar-refractivity contribution in [1.82, 2.24) is 10.6 Å². The lowest BCUT2D eigenvalue weighted by Crippen LogP contribution is -2.26. The molecule has 0 aromatic heterocycles. The van der Waals surface area contributed by atoms with Gasteiger partial charge in [0.1, 0.15) is 0 Å².